The molecule has 0 saturated carbocycles. The van der Waals surface area contributed by atoms with Crippen LogP contribution in [0.1, 0.15) is 12.5 Å². The van der Waals surface area contributed by atoms with Crippen LogP contribution in [0.25, 0.3) is 0 Å². The van der Waals surface area contributed by atoms with E-state index in [1.807, 2.05) is 6.07 Å². The van der Waals surface area contributed by atoms with Gasteiger partial charge in [0.15, 0.2) is 9.84 Å². The Morgan fingerprint density at radius 2 is 1.95 bits per heavy atom. The van der Waals surface area contributed by atoms with E-state index in [0.717, 1.165) is 0 Å². The van der Waals surface area contributed by atoms with E-state index in [4.69, 9.17) is 10.4 Å². The van der Waals surface area contributed by atoms with Crippen molar-refractivity contribution in [2.75, 3.05) is 25.4 Å². The molecule has 0 amide bonds. The molecule has 0 aliphatic heterocycles. The maximum Gasteiger partial charge on any atom is 0.317 e. The second kappa shape index (κ2) is 7.03. The van der Waals surface area contributed by atoms with Crippen LogP contribution >= 0.6 is 0 Å². The molecule has 0 fully saturated rings. The topological polar surface area (TPSA) is 98.5 Å². The first kappa shape index (κ1) is 16.1. The van der Waals surface area contributed by atoms with E-state index < -0.39 is 15.8 Å². The third-order valence-corrected chi connectivity index (χ3v) is 4.54. The first-order valence-corrected chi connectivity index (χ1v) is 7.71. The van der Waals surface area contributed by atoms with E-state index in [1.165, 1.54) is 24.3 Å². The molecule has 0 atom stereocenters. The van der Waals surface area contributed by atoms with Gasteiger partial charge in [-0.25, -0.2) is 8.42 Å². The maximum atomic E-state index is 12.1. The lowest BCUT2D eigenvalue weighted by molar-refractivity contribution is -0.138. The second-order valence-electron chi connectivity index (χ2n) is 4.22. The number of sulfone groups is 1. The van der Waals surface area contributed by atoms with Crippen molar-refractivity contribution in [2.24, 2.45) is 0 Å². The molecule has 0 spiro atoms. The lowest BCUT2D eigenvalue weighted by Gasteiger charge is -2.17. The Labute approximate surface area is 118 Å². The third-order valence-electron chi connectivity index (χ3n) is 2.82. The number of carbonyl (C=O) groups is 1. The van der Waals surface area contributed by atoms with Crippen molar-refractivity contribution in [3.63, 3.8) is 0 Å². The number of hydrogen-bond donors (Lipinski definition) is 1. The van der Waals surface area contributed by atoms with Gasteiger partial charge in [-0.15, -0.1) is 0 Å². The molecule has 0 aliphatic rings. The fraction of sp³-hybridized carbons (Fsp3) is 0.385. The van der Waals surface area contributed by atoms with Gasteiger partial charge in [-0.2, -0.15) is 5.26 Å². The molecule has 0 aliphatic carbocycles. The summed E-state index contributed by atoms with van der Waals surface area (Å²) in [6, 6.07) is 7.59. The van der Waals surface area contributed by atoms with E-state index in [0.29, 0.717) is 12.1 Å². The zero-order chi connectivity index (χ0) is 15.2. The van der Waals surface area contributed by atoms with E-state index in [1.54, 1.807) is 11.8 Å². The Hall–Kier alpha value is -1.91. The lowest BCUT2D eigenvalue weighted by Crippen LogP contribution is -2.33. The minimum absolute atomic E-state index is 0.142. The van der Waals surface area contributed by atoms with Gasteiger partial charge >= 0.3 is 5.97 Å². The highest BCUT2D eigenvalue weighted by atomic mass is 32.2. The predicted octanol–water partition coefficient (Wildman–Crippen LogP) is 0.738. The number of nitriles is 1. The summed E-state index contributed by atoms with van der Waals surface area (Å²) in [5.41, 5.74) is 0.394. The van der Waals surface area contributed by atoms with Gasteiger partial charge in [0.1, 0.15) is 0 Å². The standard InChI is InChI=1S/C13H16N2O4S/c1-2-15(10-13(16)17)7-8-20(18,19)12-5-3-11(9-14)4-6-12/h3-6H,2,7-8,10H2,1H3,(H,16,17). The smallest absolute Gasteiger partial charge is 0.317 e. The van der Waals surface area contributed by atoms with Gasteiger partial charge in [-0.1, -0.05) is 6.92 Å². The molecule has 20 heavy (non-hydrogen) atoms. The Kier molecular flexibility index (Phi) is 5.67. The molecule has 1 N–H and O–H groups in total. The largest absolute Gasteiger partial charge is 0.480 e. The first-order valence-electron chi connectivity index (χ1n) is 6.06. The Bertz CT molecular complexity index is 602. The third kappa shape index (κ3) is 4.64. The van der Waals surface area contributed by atoms with E-state index in [2.05, 4.69) is 0 Å². The highest BCUT2D eigenvalue weighted by molar-refractivity contribution is 7.91. The molecule has 1 aromatic rings. The average molecular weight is 296 g/mol. The summed E-state index contributed by atoms with van der Waals surface area (Å²) in [6.45, 7) is 2.22. The quantitative estimate of drug-likeness (QED) is 0.796. The van der Waals surface area contributed by atoms with Gasteiger partial charge in [-0.05, 0) is 30.8 Å². The number of benzene rings is 1. The summed E-state index contributed by atoms with van der Waals surface area (Å²) in [5, 5.41) is 17.4. The Morgan fingerprint density at radius 3 is 2.40 bits per heavy atom. The van der Waals surface area contributed by atoms with Gasteiger partial charge in [0.2, 0.25) is 0 Å². The van der Waals surface area contributed by atoms with Crippen molar-refractivity contribution in [3.05, 3.63) is 29.8 Å². The average Bonchev–Trinajstić information content (AvgIpc) is 2.43. The van der Waals surface area contributed by atoms with Gasteiger partial charge in [0, 0.05) is 6.54 Å². The first-order chi connectivity index (χ1) is 9.39. The molecule has 0 saturated heterocycles. The highest BCUT2D eigenvalue weighted by Crippen LogP contribution is 2.12. The molecular weight excluding hydrogens is 280 g/mol. The van der Waals surface area contributed by atoms with Crippen LogP contribution in [0.2, 0.25) is 0 Å². The number of aliphatic carboxylic acids is 1. The summed E-state index contributed by atoms with van der Waals surface area (Å²) in [5.74, 6) is -1.14. The van der Waals surface area contributed by atoms with Gasteiger partial charge in [-0.3, -0.25) is 9.69 Å². The molecule has 0 heterocycles. The molecule has 0 bridgehead atoms. The van der Waals surface area contributed by atoms with E-state index >= 15 is 0 Å². The number of nitrogens with zero attached hydrogens (tertiary/aromatic N) is 2. The van der Waals surface area contributed by atoms with Crippen LogP contribution in [-0.4, -0.2) is 49.8 Å². The molecule has 1 aromatic carbocycles. The molecule has 7 heteroatoms. The van der Waals surface area contributed by atoms with Gasteiger partial charge in [0.25, 0.3) is 0 Å². The number of likely N-dealkylation sites (N-methyl/N-ethyl adjacent to an activating group) is 1. The molecule has 0 radical (unpaired) electrons. The zero-order valence-electron chi connectivity index (χ0n) is 11.1. The normalized spacial score (nSPS) is 11.2. The minimum atomic E-state index is -3.47. The zero-order valence-corrected chi connectivity index (χ0v) is 11.9. The number of rotatable bonds is 7. The number of carboxylic acids is 1. The SMILES string of the molecule is CCN(CCS(=O)(=O)c1ccc(C#N)cc1)CC(=O)O. The fourth-order valence-corrected chi connectivity index (χ4v) is 2.93. The van der Waals surface area contributed by atoms with Crippen LogP contribution in [-0.2, 0) is 14.6 Å². The van der Waals surface area contributed by atoms with Crippen molar-refractivity contribution >= 4 is 15.8 Å². The molecule has 108 valence electrons. The van der Waals surface area contributed by atoms with Crippen molar-refractivity contribution in [1.29, 1.82) is 5.26 Å². The molecular formula is C13H16N2O4S. The predicted molar refractivity (Wildman–Crippen MR) is 73.0 cm³/mol. The van der Waals surface area contributed by atoms with Crippen LogP contribution < -0.4 is 0 Å². The van der Waals surface area contributed by atoms with Crippen LogP contribution in [0.3, 0.4) is 0 Å². The fourth-order valence-electron chi connectivity index (χ4n) is 1.64. The monoisotopic (exact) mass is 296 g/mol. The second-order valence-corrected chi connectivity index (χ2v) is 6.33. The van der Waals surface area contributed by atoms with Gasteiger partial charge in [0.05, 0.1) is 28.8 Å². The lowest BCUT2D eigenvalue weighted by atomic mass is 10.2. The minimum Gasteiger partial charge on any atom is -0.480 e. The van der Waals surface area contributed by atoms with Gasteiger partial charge < -0.3 is 5.11 Å². The van der Waals surface area contributed by atoms with Crippen molar-refractivity contribution in [2.45, 2.75) is 11.8 Å². The summed E-state index contributed by atoms with van der Waals surface area (Å²) < 4.78 is 24.2. The van der Waals surface area contributed by atoms with Crippen molar-refractivity contribution in [1.82, 2.24) is 4.90 Å². The molecule has 1 rings (SSSR count). The summed E-state index contributed by atoms with van der Waals surface area (Å²) in [7, 11) is -3.47. The molecule has 6 nitrogen and oxygen atoms in total. The summed E-state index contributed by atoms with van der Waals surface area (Å²) in [6.07, 6.45) is 0. The van der Waals surface area contributed by atoms with Crippen molar-refractivity contribution < 1.29 is 18.3 Å². The van der Waals surface area contributed by atoms with E-state index in [9.17, 15) is 13.2 Å². The summed E-state index contributed by atoms with van der Waals surface area (Å²) >= 11 is 0. The molecule has 0 unspecified atom stereocenters. The van der Waals surface area contributed by atoms with Crippen LogP contribution in [0.5, 0.6) is 0 Å². The number of hydrogen-bond acceptors (Lipinski definition) is 5. The summed E-state index contributed by atoms with van der Waals surface area (Å²) in [4.78, 5) is 12.3. The molecule has 0 aromatic heterocycles. The van der Waals surface area contributed by atoms with Crippen LogP contribution in [0.15, 0.2) is 29.2 Å². The highest BCUT2D eigenvalue weighted by Gasteiger charge is 2.17. The number of carboxylic acid groups (broad SMARTS) is 1. The van der Waals surface area contributed by atoms with Crippen LogP contribution in [0.4, 0.5) is 0 Å². The van der Waals surface area contributed by atoms with Crippen LogP contribution in [0, 0.1) is 11.3 Å². The maximum absolute atomic E-state index is 12.1. The Balaban J connectivity index is 2.74. The van der Waals surface area contributed by atoms with Crippen molar-refractivity contribution in [3.8, 4) is 6.07 Å². The van der Waals surface area contributed by atoms with E-state index in [-0.39, 0.29) is 23.7 Å². The Morgan fingerprint density at radius 1 is 1.35 bits per heavy atom.